The van der Waals surface area contributed by atoms with Crippen LogP contribution in [0, 0.1) is 0 Å². The van der Waals surface area contributed by atoms with E-state index in [9.17, 15) is 0 Å². The fourth-order valence-electron chi connectivity index (χ4n) is 1.81. The summed E-state index contributed by atoms with van der Waals surface area (Å²) in [5.74, 6) is 2.55. The summed E-state index contributed by atoms with van der Waals surface area (Å²) in [6, 6.07) is 1.92. The molecule has 0 aliphatic rings. The highest BCUT2D eigenvalue weighted by atomic mass is 15.2. The van der Waals surface area contributed by atoms with E-state index in [4.69, 9.17) is 0 Å². The van der Waals surface area contributed by atoms with Gasteiger partial charge in [0.15, 0.2) is 0 Å². The molecule has 2 aromatic rings. The summed E-state index contributed by atoms with van der Waals surface area (Å²) < 4.78 is 1.81. The maximum absolute atomic E-state index is 4.45. The molecule has 0 saturated heterocycles. The Labute approximate surface area is 113 Å². The fraction of sp³-hybridized carbons (Fsp3) is 0.462. The van der Waals surface area contributed by atoms with Gasteiger partial charge in [0, 0.05) is 39.3 Å². The summed E-state index contributed by atoms with van der Waals surface area (Å²) in [7, 11) is 3.79. The van der Waals surface area contributed by atoms with Gasteiger partial charge in [0.25, 0.3) is 0 Å². The van der Waals surface area contributed by atoms with Crippen LogP contribution in [0.15, 0.2) is 18.5 Å². The van der Waals surface area contributed by atoms with Crippen molar-refractivity contribution in [3.63, 3.8) is 0 Å². The Hall–Kier alpha value is -2.11. The zero-order chi connectivity index (χ0) is 13.7. The van der Waals surface area contributed by atoms with Gasteiger partial charge in [-0.3, -0.25) is 4.68 Å². The number of aryl methyl sites for hydroxylation is 2. The van der Waals surface area contributed by atoms with Gasteiger partial charge in [-0.15, -0.1) is 0 Å². The smallest absolute Gasteiger partial charge is 0.132 e. The molecule has 0 amide bonds. The molecule has 0 spiro atoms. The molecule has 0 aromatic carbocycles. The quantitative estimate of drug-likeness (QED) is 0.823. The van der Waals surface area contributed by atoms with Crippen LogP contribution < -0.4 is 10.6 Å². The van der Waals surface area contributed by atoms with E-state index in [1.54, 1.807) is 0 Å². The van der Waals surface area contributed by atoms with Crippen LogP contribution in [0.1, 0.15) is 18.3 Å². The molecule has 102 valence electrons. The molecule has 0 saturated carbocycles. The second-order valence-electron chi connectivity index (χ2n) is 4.36. The molecule has 2 rings (SSSR count). The van der Waals surface area contributed by atoms with Crippen molar-refractivity contribution in [2.45, 2.75) is 19.8 Å². The predicted octanol–water partition coefficient (Wildman–Crippen LogP) is 1.47. The van der Waals surface area contributed by atoms with Gasteiger partial charge in [-0.2, -0.15) is 5.10 Å². The molecule has 6 heteroatoms. The molecule has 6 nitrogen and oxygen atoms in total. The molecule has 0 unspecified atom stereocenters. The van der Waals surface area contributed by atoms with Crippen molar-refractivity contribution in [2.24, 2.45) is 7.05 Å². The highest BCUT2D eigenvalue weighted by molar-refractivity contribution is 5.47. The number of nitrogens with one attached hydrogen (secondary N) is 2. The third-order valence-electron chi connectivity index (χ3n) is 2.82. The normalized spacial score (nSPS) is 10.5. The van der Waals surface area contributed by atoms with Crippen molar-refractivity contribution in [3.8, 4) is 0 Å². The molecule has 2 aromatic heterocycles. The maximum Gasteiger partial charge on any atom is 0.132 e. The van der Waals surface area contributed by atoms with E-state index < -0.39 is 0 Å². The largest absolute Gasteiger partial charge is 0.373 e. The first kappa shape index (κ1) is 13.3. The van der Waals surface area contributed by atoms with E-state index >= 15 is 0 Å². The number of aromatic nitrogens is 4. The van der Waals surface area contributed by atoms with Gasteiger partial charge in [-0.05, 0) is 12.0 Å². The van der Waals surface area contributed by atoms with Gasteiger partial charge in [0.05, 0.1) is 6.20 Å². The molecule has 0 aliphatic carbocycles. The topological polar surface area (TPSA) is 67.7 Å². The van der Waals surface area contributed by atoms with Crippen molar-refractivity contribution in [2.75, 3.05) is 24.2 Å². The summed E-state index contributed by atoms with van der Waals surface area (Å²) in [4.78, 5) is 8.82. The molecule has 2 heterocycles. The fourth-order valence-corrected chi connectivity index (χ4v) is 1.81. The lowest BCUT2D eigenvalue weighted by Crippen LogP contribution is -2.09. The number of rotatable bonds is 6. The third kappa shape index (κ3) is 3.67. The molecule has 0 aliphatic heterocycles. The van der Waals surface area contributed by atoms with Crippen LogP contribution in [0.5, 0.6) is 0 Å². The average Bonchev–Trinajstić information content (AvgIpc) is 2.84. The lowest BCUT2D eigenvalue weighted by molar-refractivity contribution is 0.766. The lowest BCUT2D eigenvalue weighted by Gasteiger charge is -2.08. The Bertz CT molecular complexity index is 511. The standard InChI is InChI=1S/C13H20N6/c1-4-11-17-12(14-2)7-13(18-11)15-6-5-10-8-16-19(3)9-10/h7-9H,4-6H2,1-3H3,(H2,14,15,17,18). The number of hydrogen-bond acceptors (Lipinski definition) is 5. The molecular formula is C13H20N6. The third-order valence-corrected chi connectivity index (χ3v) is 2.82. The molecule has 19 heavy (non-hydrogen) atoms. The highest BCUT2D eigenvalue weighted by Gasteiger charge is 2.02. The van der Waals surface area contributed by atoms with E-state index in [1.165, 1.54) is 5.56 Å². The zero-order valence-corrected chi connectivity index (χ0v) is 11.6. The van der Waals surface area contributed by atoms with Gasteiger partial charge >= 0.3 is 0 Å². The minimum Gasteiger partial charge on any atom is -0.373 e. The van der Waals surface area contributed by atoms with Crippen molar-refractivity contribution in [1.82, 2.24) is 19.7 Å². The van der Waals surface area contributed by atoms with E-state index in [0.29, 0.717) is 0 Å². The van der Waals surface area contributed by atoms with Crippen molar-refractivity contribution in [3.05, 3.63) is 29.8 Å². The van der Waals surface area contributed by atoms with Crippen molar-refractivity contribution >= 4 is 11.6 Å². The SMILES string of the molecule is CCc1nc(NC)cc(NCCc2cnn(C)c2)n1. The van der Waals surface area contributed by atoms with Crippen LogP contribution in [0.2, 0.25) is 0 Å². The van der Waals surface area contributed by atoms with Gasteiger partial charge in [0.1, 0.15) is 17.5 Å². The van der Waals surface area contributed by atoms with Crippen LogP contribution in [-0.4, -0.2) is 33.3 Å². The molecule has 0 radical (unpaired) electrons. The minimum atomic E-state index is 0.826. The van der Waals surface area contributed by atoms with E-state index in [-0.39, 0.29) is 0 Å². The Morgan fingerprint density at radius 2 is 2.05 bits per heavy atom. The Balaban J connectivity index is 1.95. The van der Waals surface area contributed by atoms with E-state index in [0.717, 1.165) is 36.8 Å². The summed E-state index contributed by atoms with van der Waals surface area (Å²) >= 11 is 0. The lowest BCUT2D eigenvalue weighted by atomic mass is 10.2. The Morgan fingerprint density at radius 3 is 2.68 bits per heavy atom. The maximum atomic E-state index is 4.45. The zero-order valence-electron chi connectivity index (χ0n) is 11.6. The first-order valence-corrected chi connectivity index (χ1v) is 6.48. The summed E-state index contributed by atoms with van der Waals surface area (Å²) in [5, 5.41) is 10.5. The summed E-state index contributed by atoms with van der Waals surface area (Å²) in [6.45, 7) is 2.88. The van der Waals surface area contributed by atoms with E-state index in [1.807, 2.05) is 44.2 Å². The van der Waals surface area contributed by atoms with Crippen molar-refractivity contribution < 1.29 is 0 Å². The molecule has 2 N–H and O–H groups in total. The number of hydrogen-bond donors (Lipinski definition) is 2. The van der Waals surface area contributed by atoms with Crippen LogP contribution >= 0.6 is 0 Å². The first-order valence-electron chi connectivity index (χ1n) is 6.48. The second kappa shape index (κ2) is 6.17. The van der Waals surface area contributed by atoms with Gasteiger partial charge in [-0.25, -0.2) is 9.97 Å². The van der Waals surface area contributed by atoms with E-state index in [2.05, 4.69) is 25.7 Å². The highest BCUT2D eigenvalue weighted by Crippen LogP contribution is 2.11. The average molecular weight is 260 g/mol. The first-order chi connectivity index (χ1) is 9.21. The van der Waals surface area contributed by atoms with Gasteiger partial charge in [-0.1, -0.05) is 6.92 Å². The summed E-state index contributed by atoms with van der Waals surface area (Å²) in [6.07, 6.45) is 5.66. The Kier molecular flexibility index (Phi) is 4.33. The monoisotopic (exact) mass is 260 g/mol. The van der Waals surface area contributed by atoms with Crippen molar-refractivity contribution in [1.29, 1.82) is 0 Å². The Morgan fingerprint density at radius 1 is 1.26 bits per heavy atom. The van der Waals surface area contributed by atoms with Gasteiger partial charge in [0.2, 0.25) is 0 Å². The van der Waals surface area contributed by atoms with Crippen LogP contribution in [0.4, 0.5) is 11.6 Å². The molecule has 0 atom stereocenters. The van der Waals surface area contributed by atoms with Crippen LogP contribution in [0.25, 0.3) is 0 Å². The van der Waals surface area contributed by atoms with Crippen LogP contribution in [0.3, 0.4) is 0 Å². The number of anilines is 2. The molecule has 0 fully saturated rings. The molecule has 0 bridgehead atoms. The second-order valence-corrected chi connectivity index (χ2v) is 4.36. The minimum absolute atomic E-state index is 0.826. The summed E-state index contributed by atoms with van der Waals surface area (Å²) in [5.41, 5.74) is 1.22. The molecular weight excluding hydrogens is 240 g/mol. The predicted molar refractivity (Wildman–Crippen MR) is 76.4 cm³/mol. The van der Waals surface area contributed by atoms with Crippen LogP contribution in [-0.2, 0) is 19.9 Å². The number of nitrogens with zero attached hydrogens (tertiary/aromatic N) is 4. The van der Waals surface area contributed by atoms with Gasteiger partial charge < -0.3 is 10.6 Å².